The second kappa shape index (κ2) is 5.74. The molecule has 1 amide bonds. The molecule has 1 aromatic carbocycles. The number of hydrogen-bond acceptors (Lipinski definition) is 3. The second-order valence-electron chi connectivity index (χ2n) is 5.18. The van der Waals surface area contributed by atoms with Crippen LogP contribution in [0.4, 0.5) is 0 Å². The number of hydrogen-bond donors (Lipinski definition) is 1. The number of carbonyl (C=O) groups is 1. The molecule has 0 unspecified atom stereocenters. The van der Waals surface area contributed by atoms with Crippen molar-refractivity contribution >= 4 is 17.5 Å². The van der Waals surface area contributed by atoms with Crippen LogP contribution in [0, 0.1) is 0 Å². The van der Waals surface area contributed by atoms with Crippen LogP contribution in [0.1, 0.15) is 28.9 Å². The first-order chi connectivity index (χ1) is 10.1. The van der Waals surface area contributed by atoms with Crippen LogP contribution in [0.5, 0.6) is 5.75 Å². The monoisotopic (exact) mass is 302 g/mol. The first-order valence-electron chi connectivity index (χ1n) is 6.85. The molecule has 4 nitrogen and oxygen atoms in total. The van der Waals surface area contributed by atoms with Crippen molar-refractivity contribution in [2.75, 3.05) is 0 Å². The zero-order chi connectivity index (χ0) is 14.8. The Balaban J connectivity index is 1.83. The van der Waals surface area contributed by atoms with Gasteiger partial charge in [-0.3, -0.25) is 4.79 Å². The number of aromatic nitrogens is 1. The Morgan fingerprint density at radius 3 is 2.71 bits per heavy atom. The molecule has 3 rings (SSSR count). The lowest BCUT2D eigenvalue weighted by Crippen LogP contribution is -2.33. The molecule has 1 heterocycles. The maximum atomic E-state index is 12.6. The summed E-state index contributed by atoms with van der Waals surface area (Å²) in [6, 6.07) is 12.3. The summed E-state index contributed by atoms with van der Waals surface area (Å²) in [6.45, 7) is 0.464. The van der Waals surface area contributed by atoms with Crippen LogP contribution in [-0.2, 0) is 6.54 Å². The molecule has 1 N–H and O–H groups in total. The van der Waals surface area contributed by atoms with Gasteiger partial charge >= 0.3 is 0 Å². The summed E-state index contributed by atoms with van der Waals surface area (Å²) >= 11 is 5.85. The summed E-state index contributed by atoms with van der Waals surface area (Å²) in [7, 11) is 0. The van der Waals surface area contributed by atoms with E-state index in [2.05, 4.69) is 4.98 Å². The van der Waals surface area contributed by atoms with Gasteiger partial charge in [0.2, 0.25) is 0 Å². The molecule has 1 saturated carbocycles. The predicted molar refractivity (Wildman–Crippen MR) is 80.2 cm³/mol. The third-order valence-corrected chi connectivity index (χ3v) is 3.66. The van der Waals surface area contributed by atoms with E-state index in [1.807, 2.05) is 6.07 Å². The van der Waals surface area contributed by atoms with Crippen molar-refractivity contribution in [3.8, 4) is 5.75 Å². The fourth-order valence-electron chi connectivity index (χ4n) is 2.28. The largest absolute Gasteiger partial charge is 0.508 e. The molecule has 0 bridgehead atoms. The molecule has 1 fully saturated rings. The van der Waals surface area contributed by atoms with Crippen LogP contribution < -0.4 is 0 Å². The normalized spacial score (nSPS) is 14.0. The Morgan fingerprint density at radius 2 is 2.05 bits per heavy atom. The summed E-state index contributed by atoms with van der Waals surface area (Å²) in [6.07, 6.45) is 2.01. The Hall–Kier alpha value is -2.07. The lowest BCUT2D eigenvalue weighted by molar-refractivity contribution is 0.0723. The average molecular weight is 303 g/mol. The van der Waals surface area contributed by atoms with Crippen LogP contribution in [0.15, 0.2) is 42.5 Å². The molecule has 108 valence electrons. The van der Waals surface area contributed by atoms with Gasteiger partial charge in [0.15, 0.2) is 0 Å². The minimum absolute atomic E-state index is 0.122. The van der Waals surface area contributed by atoms with Crippen LogP contribution >= 0.6 is 11.6 Å². The first-order valence-corrected chi connectivity index (χ1v) is 7.23. The Kier molecular flexibility index (Phi) is 3.80. The Labute approximate surface area is 128 Å². The highest BCUT2D eigenvalue weighted by Crippen LogP contribution is 2.30. The van der Waals surface area contributed by atoms with E-state index in [1.54, 1.807) is 41.3 Å². The van der Waals surface area contributed by atoms with Gasteiger partial charge in [-0.15, -0.1) is 0 Å². The lowest BCUT2D eigenvalue weighted by Gasteiger charge is -2.22. The van der Waals surface area contributed by atoms with Crippen LogP contribution in [-0.4, -0.2) is 26.9 Å². The highest BCUT2D eigenvalue weighted by atomic mass is 35.5. The van der Waals surface area contributed by atoms with E-state index in [0.717, 1.165) is 18.4 Å². The van der Waals surface area contributed by atoms with E-state index in [9.17, 15) is 9.90 Å². The maximum Gasteiger partial charge on any atom is 0.273 e. The topological polar surface area (TPSA) is 53.4 Å². The van der Waals surface area contributed by atoms with Gasteiger partial charge < -0.3 is 10.0 Å². The zero-order valence-corrected chi connectivity index (χ0v) is 12.1. The van der Waals surface area contributed by atoms with Gasteiger partial charge in [-0.25, -0.2) is 4.98 Å². The lowest BCUT2D eigenvalue weighted by atomic mass is 10.2. The summed E-state index contributed by atoms with van der Waals surface area (Å²) < 4.78 is 0. The Morgan fingerprint density at radius 1 is 1.29 bits per heavy atom. The molecule has 0 radical (unpaired) electrons. The molecule has 1 aromatic heterocycles. The minimum Gasteiger partial charge on any atom is -0.508 e. The van der Waals surface area contributed by atoms with Crippen molar-refractivity contribution in [1.82, 2.24) is 9.88 Å². The smallest absolute Gasteiger partial charge is 0.273 e. The molecule has 0 saturated heterocycles. The third-order valence-electron chi connectivity index (χ3n) is 3.45. The maximum absolute atomic E-state index is 12.6. The van der Waals surface area contributed by atoms with Crippen molar-refractivity contribution in [2.24, 2.45) is 0 Å². The second-order valence-corrected chi connectivity index (χ2v) is 5.57. The summed E-state index contributed by atoms with van der Waals surface area (Å²) in [5.41, 5.74) is 1.26. The van der Waals surface area contributed by atoms with Gasteiger partial charge in [0, 0.05) is 12.6 Å². The number of halogens is 1. The van der Waals surface area contributed by atoms with Gasteiger partial charge in [0.05, 0.1) is 0 Å². The number of pyridine rings is 1. The first kappa shape index (κ1) is 13.9. The molecule has 1 aliphatic rings. The number of phenolic OH excluding ortho intramolecular Hbond substituents is 1. The highest BCUT2D eigenvalue weighted by Gasteiger charge is 2.33. The number of aromatic hydroxyl groups is 1. The van der Waals surface area contributed by atoms with Gasteiger partial charge in [-0.05, 0) is 42.7 Å². The third kappa shape index (κ3) is 3.34. The molecule has 2 aromatic rings. The molecule has 0 aliphatic heterocycles. The van der Waals surface area contributed by atoms with Crippen LogP contribution in [0.3, 0.4) is 0 Å². The van der Waals surface area contributed by atoms with Gasteiger partial charge in [-0.1, -0.05) is 29.8 Å². The van der Waals surface area contributed by atoms with Crippen LogP contribution in [0.25, 0.3) is 0 Å². The van der Waals surface area contributed by atoms with E-state index in [-0.39, 0.29) is 17.7 Å². The van der Waals surface area contributed by atoms with Crippen molar-refractivity contribution in [1.29, 1.82) is 0 Å². The molecule has 1 aliphatic carbocycles. The number of amides is 1. The van der Waals surface area contributed by atoms with Gasteiger partial charge in [0.25, 0.3) is 5.91 Å². The van der Waals surface area contributed by atoms with Gasteiger partial charge in [-0.2, -0.15) is 0 Å². The van der Waals surface area contributed by atoms with E-state index < -0.39 is 0 Å². The number of nitrogens with zero attached hydrogens (tertiary/aromatic N) is 2. The van der Waals surface area contributed by atoms with Crippen molar-refractivity contribution < 1.29 is 9.90 Å². The molecule has 5 heteroatoms. The van der Waals surface area contributed by atoms with Crippen molar-refractivity contribution in [2.45, 2.75) is 25.4 Å². The zero-order valence-electron chi connectivity index (χ0n) is 11.4. The molecule has 0 atom stereocenters. The summed E-state index contributed by atoms with van der Waals surface area (Å²) in [4.78, 5) is 18.5. The molecular weight excluding hydrogens is 288 g/mol. The van der Waals surface area contributed by atoms with E-state index >= 15 is 0 Å². The summed E-state index contributed by atoms with van der Waals surface area (Å²) in [5, 5.41) is 9.85. The molecular formula is C16H15ClN2O2. The fraction of sp³-hybridized carbons (Fsp3) is 0.250. The number of benzene rings is 1. The number of phenols is 1. The fourth-order valence-corrected chi connectivity index (χ4v) is 2.44. The quantitative estimate of drug-likeness (QED) is 0.882. The number of rotatable bonds is 4. The predicted octanol–water partition coefficient (Wildman–Crippen LogP) is 3.25. The number of carbonyl (C=O) groups excluding carboxylic acids is 1. The average Bonchev–Trinajstić information content (AvgIpc) is 3.29. The van der Waals surface area contributed by atoms with Crippen LogP contribution in [0.2, 0.25) is 5.15 Å². The highest BCUT2D eigenvalue weighted by molar-refractivity contribution is 6.29. The molecule has 21 heavy (non-hydrogen) atoms. The minimum atomic E-state index is -0.122. The molecule has 0 spiro atoms. The Bertz CT molecular complexity index is 671. The van der Waals surface area contributed by atoms with E-state index in [1.165, 1.54) is 0 Å². The van der Waals surface area contributed by atoms with E-state index in [0.29, 0.717) is 17.4 Å². The van der Waals surface area contributed by atoms with Gasteiger partial charge in [0.1, 0.15) is 16.6 Å². The van der Waals surface area contributed by atoms with E-state index in [4.69, 9.17) is 11.6 Å². The SMILES string of the molecule is O=C(c1cccc(Cl)n1)N(Cc1cccc(O)c1)C1CC1. The van der Waals surface area contributed by atoms with Crippen molar-refractivity contribution in [3.63, 3.8) is 0 Å². The summed E-state index contributed by atoms with van der Waals surface area (Å²) in [5.74, 6) is 0.0833. The standard InChI is InChI=1S/C16H15ClN2O2/c17-15-6-2-5-14(18-15)16(21)19(12-7-8-12)10-11-3-1-4-13(20)9-11/h1-6,9,12,20H,7-8,10H2. The van der Waals surface area contributed by atoms with Crippen molar-refractivity contribution in [3.05, 3.63) is 58.9 Å².